The van der Waals surface area contributed by atoms with Gasteiger partial charge in [-0.2, -0.15) is 0 Å². The van der Waals surface area contributed by atoms with E-state index in [2.05, 4.69) is 12.2 Å². The van der Waals surface area contributed by atoms with E-state index >= 15 is 0 Å². The largest absolute Gasteiger partial charge is 0.397 e. The van der Waals surface area contributed by atoms with E-state index < -0.39 is 0 Å². The zero-order chi connectivity index (χ0) is 8.27. The van der Waals surface area contributed by atoms with Crippen LogP contribution in [0.3, 0.4) is 0 Å². The first-order valence-corrected chi connectivity index (χ1v) is 3.84. The first-order valence-electron chi connectivity index (χ1n) is 3.84. The van der Waals surface area contributed by atoms with Crippen molar-refractivity contribution in [1.82, 2.24) is 0 Å². The van der Waals surface area contributed by atoms with Crippen molar-refractivity contribution in [2.75, 3.05) is 17.6 Å². The summed E-state index contributed by atoms with van der Waals surface area (Å²) in [5.74, 6) is 0. The van der Waals surface area contributed by atoms with Crippen molar-refractivity contribution in [2.24, 2.45) is 0 Å². The lowest BCUT2D eigenvalue weighted by atomic mass is 10.1. The summed E-state index contributed by atoms with van der Waals surface area (Å²) in [6, 6.07) is 5.92. The zero-order valence-electron chi connectivity index (χ0n) is 7.83. The summed E-state index contributed by atoms with van der Waals surface area (Å²) in [6.07, 6.45) is 0. The molecule has 0 unspecified atom stereocenters. The average molecular weight is 223 g/mol. The molecule has 0 aliphatic rings. The SMILES string of the molecule is CCNc1c(C)cccc1N.Cl.Cl. The van der Waals surface area contributed by atoms with Crippen LogP contribution in [0, 0.1) is 6.92 Å². The maximum atomic E-state index is 5.74. The van der Waals surface area contributed by atoms with Crippen LogP contribution in [-0.4, -0.2) is 6.54 Å². The van der Waals surface area contributed by atoms with Gasteiger partial charge in [0.1, 0.15) is 0 Å². The lowest BCUT2D eigenvalue weighted by Gasteiger charge is -2.09. The maximum absolute atomic E-state index is 5.74. The molecule has 0 saturated carbocycles. The van der Waals surface area contributed by atoms with Gasteiger partial charge in [-0.15, -0.1) is 24.8 Å². The molecule has 0 saturated heterocycles. The number of rotatable bonds is 2. The number of nitrogens with two attached hydrogens (primary N) is 1. The van der Waals surface area contributed by atoms with Gasteiger partial charge in [-0.05, 0) is 25.5 Å². The second-order valence-corrected chi connectivity index (χ2v) is 2.57. The molecule has 13 heavy (non-hydrogen) atoms. The lowest BCUT2D eigenvalue weighted by Crippen LogP contribution is -2.02. The lowest BCUT2D eigenvalue weighted by molar-refractivity contribution is 1.20. The molecular weight excluding hydrogens is 207 g/mol. The summed E-state index contributed by atoms with van der Waals surface area (Å²) in [7, 11) is 0. The Kier molecular flexibility index (Phi) is 7.87. The fraction of sp³-hybridized carbons (Fsp3) is 0.333. The Morgan fingerprint density at radius 2 is 1.92 bits per heavy atom. The minimum absolute atomic E-state index is 0. The fourth-order valence-electron chi connectivity index (χ4n) is 1.11. The molecule has 0 radical (unpaired) electrons. The Bertz CT molecular complexity index is 231. The summed E-state index contributed by atoms with van der Waals surface area (Å²) in [5, 5.41) is 3.22. The molecule has 0 aromatic heterocycles. The molecule has 1 rings (SSSR count). The maximum Gasteiger partial charge on any atom is 0.0603 e. The predicted molar refractivity (Wildman–Crippen MR) is 64.3 cm³/mol. The Hall–Kier alpha value is -0.600. The quantitative estimate of drug-likeness (QED) is 0.756. The van der Waals surface area contributed by atoms with Crippen molar-refractivity contribution in [3.05, 3.63) is 23.8 Å². The Morgan fingerprint density at radius 1 is 1.31 bits per heavy atom. The molecule has 0 fully saturated rings. The van der Waals surface area contributed by atoms with E-state index in [1.54, 1.807) is 0 Å². The van der Waals surface area contributed by atoms with Gasteiger partial charge < -0.3 is 11.1 Å². The van der Waals surface area contributed by atoms with Crippen molar-refractivity contribution >= 4 is 36.2 Å². The van der Waals surface area contributed by atoms with Crippen LogP contribution in [0.2, 0.25) is 0 Å². The van der Waals surface area contributed by atoms with E-state index in [4.69, 9.17) is 5.73 Å². The van der Waals surface area contributed by atoms with Crippen LogP contribution < -0.4 is 11.1 Å². The van der Waals surface area contributed by atoms with Crippen LogP contribution >= 0.6 is 24.8 Å². The highest BCUT2D eigenvalue weighted by Gasteiger charge is 1.98. The Morgan fingerprint density at radius 3 is 2.38 bits per heavy atom. The molecule has 1 aromatic rings. The summed E-state index contributed by atoms with van der Waals surface area (Å²) in [4.78, 5) is 0. The molecule has 2 nitrogen and oxygen atoms in total. The highest BCUT2D eigenvalue weighted by atomic mass is 35.5. The highest BCUT2D eigenvalue weighted by Crippen LogP contribution is 2.21. The van der Waals surface area contributed by atoms with Gasteiger partial charge in [-0.3, -0.25) is 0 Å². The molecule has 76 valence electrons. The van der Waals surface area contributed by atoms with E-state index in [0.717, 1.165) is 17.9 Å². The van der Waals surface area contributed by atoms with Crippen LogP contribution in [-0.2, 0) is 0 Å². The van der Waals surface area contributed by atoms with E-state index in [1.165, 1.54) is 5.56 Å². The molecule has 0 spiro atoms. The smallest absolute Gasteiger partial charge is 0.0603 e. The van der Waals surface area contributed by atoms with Crippen LogP contribution in [0.4, 0.5) is 11.4 Å². The van der Waals surface area contributed by atoms with Crippen LogP contribution in [0.15, 0.2) is 18.2 Å². The number of hydrogen-bond donors (Lipinski definition) is 2. The molecule has 0 atom stereocenters. The summed E-state index contributed by atoms with van der Waals surface area (Å²) < 4.78 is 0. The molecule has 1 aromatic carbocycles. The molecular formula is C9H16Cl2N2. The second-order valence-electron chi connectivity index (χ2n) is 2.57. The number of anilines is 2. The molecule has 0 bridgehead atoms. The minimum Gasteiger partial charge on any atom is -0.397 e. The molecule has 0 heterocycles. The van der Waals surface area contributed by atoms with Crippen LogP contribution in [0.5, 0.6) is 0 Å². The average Bonchev–Trinajstić information content (AvgIpc) is 1.97. The third kappa shape index (κ3) is 3.75. The minimum atomic E-state index is 0. The number of nitrogen functional groups attached to an aromatic ring is 1. The normalized spacial score (nSPS) is 8.15. The molecule has 0 aliphatic heterocycles. The van der Waals surface area contributed by atoms with Crippen LogP contribution in [0.1, 0.15) is 12.5 Å². The van der Waals surface area contributed by atoms with Gasteiger partial charge in [0.2, 0.25) is 0 Å². The molecule has 0 aliphatic carbocycles. The van der Waals surface area contributed by atoms with E-state index in [1.807, 2.05) is 25.1 Å². The summed E-state index contributed by atoms with van der Waals surface area (Å²) in [6.45, 7) is 5.02. The number of hydrogen-bond acceptors (Lipinski definition) is 2. The van der Waals surface area contributed by atoms with Crippen LogP contribution in [0.25, 0.3) is 0 Å². The topological polar surface area (TPSA) is 38.0 Å². The monoisotopic (exact) mass is 222 g/mol. The first-order chi connectivity index (χ1) is 5.25. The van der Waals surface area contributed by atoms with E-state index in [9.17, 15) is 0 Å². The number of nitrogens with one attached hydrogen (secondary N) is 1. The standard InChI is InChI=1S/C9H14N2.2ClH/c1-3-11-9-7(2)5-4-6-8(9)10;;/h4-6,11H,3,10H2,1-2H3;2*1H. The zero-order valence-corrected chi connectivity index (χ0v) is 9.47. The van der Waals surface area contributed by atoms with Gasteiger partial charge in [0.05, 0.1) is 11.4 Å². The first kappa shape index (κ1) is 14.9. The fourth-order valence-corrected chi connectivity index (χ4v) is 1.11. The summed E-state index contributed by atoms with van der Waals surface area (Å²) in [5.41, 5.74) is 8.84. The Balaban J connectivity index is 0. The molecule has 3 N–H and O–H groups in total. The van der Waals surface area contributed by atoms with Gasteiger partial charge in [0, 0.05) is 6.54 Å². The van der Waals surface area contributed by atoms with E-state index in [-0.39, 0.29) is 24.8 Å². The van der Waals surface area contributed by atoms with Gasteiger partial charge >= 0.3 is 0 Å². The number of benzene rings is 1. The molecule has 0 amide bonds. The second kappa shape index (κ2) is 6.87. The molecule has 4 heteroatoms. The van der Waals surface area contributed by atoms with Gasteiger partial charge in [0.25, 0.3) is 0 Å². The van der Waals surface area contributed by atoms with Crippen molar-refractivity contribution in [3.8, 4) is 0 Å². The van der Waals surface area contributed by atoms with Gasteiger partial charge in [-0.25, -0.2) is 0 Å². The van der Waals surface area contributed by atoms with Crippen molar-refractivity contribution in [3.63, 3.8) is 0 Å². The van der Waals surface area contributed by atoms with Crippen molar-refractivity contribution in [1.29, 1.82) is 0 Å². The highest BCUT2D eigenvalue weighted by molar-refractivity contribution is 5.85. The number of para-hydroxylation sites is 1. The van der Waals surface area contributed by atoms with Gasteiger partial charge in [-0.1, -0.05) is 12.1 Å². The third-order valence-electron chi connectivity index (χ3n) is 1.66. The number of aryl methyl sites for hydroxylation is 1. The summed E-state index contributed by atoms with van der Waals surface area (Å²) >= 11 is 0. The van der Waals surface area contributed by atoms with Crippen molar-refractivity contribution < 1.29 is 0 Å². The third-order valence-corrected chi connectivity index (χ3v) is 1.66. The van der Waals surface area contributed by atoms with E-state index in [0.29, 0.717) is 0 Å². The van der Waals surface area contributed by atoms with Gasteiger partial charge in [0.15, 0.2) is 0 Å². The van der Waals surface area contributed by atoms with Crippen molar-refractivity contribution in [2.45, 2.75) is 13.8 Å². The Labute approximate surface area is 91.7 Å². The predicted octanol–water partition coefficient (Wildman–Crippen LogP) is 2.85. The number of halogens is 2.